The van der Waals surface area contributed by atoms with Crippen LogP contribution in [0.2, 0.25) is 0 Å². The first-order valence-electron chi connectivity index (χ1n) is 5.30. The number of hydrogen-bond donors (Lipinski definition) is 0. The van der Waals surface area contributed by atoms with Gasteiger partial charge >= 0.3 is 0 Å². The van der Waals surface area contributed by atoms with Crippen LogP contribution in [0, 0.1) is 0 Å². The van der Waals surface area contributed by atoms with Gasteiger partial charge in [0.15, 0.2) is 6.80 Å². The van der Waals surface area contributed by atoms with Crippen molar-refractivity contribution in [3.05, 3.63) is 66.2 Å². The molecule has 0 aromatic heterocycles. The topological polar surface area (TPSA) is 3.24 Å². The van der Waals surface area contributed by atoms with Crippen LogP contribution in [0.15, 0.2) is 60.7 Å². The maximum Gasteiger partial charge on any atom is 0.162 e. The predicted octanol–water partition coefficient (Wildman–Crippen LogP) is 3.62. The lowest BCUT2D eigenvalue weighted by molar-refractivity contribution is 0.472. The van der Waals surface area contributed by atoms with Gasteiger partial charge in [0.2, 0.25) is 0 Å². The lowest BCUT2D eigenvalue weighted by Gasteiger charge is -2.20. The maximum atomic E-state index is 13.0. The summed E-state index contributed by atoms with van der Waals surface area (Å²) in [6.45, 7) is 0.125. The van der Waals surface area contributed by atoms with Crippen LogP contribution >= 0.6 is 0 Å². The van der Waals surface area contributed by atoms with Gasteiger partial charge in [0.25, 0.3) is 0 Å². The zero-order valence-electron chi connectivity index (χ0n) is 9.01. The van der Waals surface area contributed by atoms with Gasteiger partial charge in [-0.1, -0.05) is 48.5 Å². The Morgan fingerprint density at radius 2 is 1.38 bits per heavy atom. The van der Waals surface area contributed by atoms with E-state index in [0.717, 1.165) is 11.3 Å². The number of anilines is 1. The number of benzene rings is 2. The van der Waals surface area contributed by atoms with Crippen LogP contribution in [0.25, 0.3) is 0 Å². The van der Waals surface area contributed by atoms with Crippen molar-refractivity contribution in [3.63, 3.8) is 0 Å². The normalized spacial score (nSPS) is 10.1. The molecule has 1 nitrogen and oxygen atoms in total. The molecule has 0 amide bonds. The number of halogens is 1. The molecule has 0 fully saturated rings. The molecule has 0 aliphatic heterocycles. The largest absolute Gasteiger partial charge is 0.340 e. The summed E-state index contributed by atoms with van der Waals surface area (Å²) in [5.41, 5.74) is 2.03. The summed E-state index contributed by atoms with van der Waals surface area (Å²) in [6, 6.07) is 19.5. The minimum absolute atomic E-state index is 0.473. The summed E-state index contributed by atoms with van der Waals surface area (Å²) in [5.74, 6) is 0. The van der Waals surface area contributed by atoms with Gasteiger partial charge in [-0.3, -0.25) is 0 Å². The second-order valence-corrected chi connectivity index (χ2v) is 3.64. The van der Waals surface area contributed by atoms with Crippen molar-refractivity contribution < 1.29 is 4.39 Å². The van der Waals surface area contributed by atoms with Gasteiger partial charge < -0.3 is 4.90 Å². The SMILES string of the molecule is FCN(Cc1ccccc1)c1ccccc1. The van der Waals surface area contributed by atoms with Crippen molar-refractivity contribution in [2.24, 2.45) is 0 Å². The molecule has 2 aromatic rings. The van der Waals surface area contributed by atoms with E-state index in [1.807, 2.05) is 60.7 Å². The molecule has 0 heterocycles. The Bertz CT molecular complexity index is 413. The summed E-state index contributed by atoms with van der Waals surface area (Å²) >= 11 is 0. The van der Waals surface area contributed by atoms with Gasteiger partial charge in [-0.25, -0.2) is 4.39 Å². The van der Waals surface area contributed by atoms with E-state index in [1.54, 1.807) is 4.90 Å². The smallest absolute Gasteiger partial charge is 0.162 e. The molecular weight excluding hydrogens is 201 g/mol. The van der Waals surface area contributed by atoms with Gasteiger partial charge in [-0.2, -0.15) is 0 Å². The number of rotatable bonds is 4. The molecule has 0 spiro atoms. The van der Waals surface area contributed by atoms with Crippen molar-refractivity contribution in [1.82, 2.24) is 0 Å². The molecule has 2 rings (SSSR count). The summed E-state index contributed by atoms with van der Waals surface area (Å²) in [6.07, 6.45) is 0. The molecule has 0 saturated carbocycles. The van der Waals surface area contributed by atoms with Gasteiger partial charge in [0, 0.05) is 12.2 Å². The van der Waals surface area contributed by atoms with Gasteiger partial charge in [-0.05, 0) is 17.7 Å². The van der Waals surface area contributed by atoms with Crippen LogP contribution in [0.4, 0.5) is 10.1 Å². The fraction of sp³-hybridized carbons (Fsp3) is 0.143. The highest BCUT2D eigenvalue weighted by Crippen LogP contribution is 2.16. The number of nitrogens with zero attached hydrogens (tertiary/aromatic N) is 1. The Morgan fingerprint density at radius 1 is 0.812 bits per heavy atom. The quantitative estimate of drug-likeness (QED) is 0.704. The average molecular weight is 215 g/mol. The third-order valence-electron chi connectivity index (χ3n) is 2.48. The predicted molar refractivity (Wildman–Crippen MR) is 65.0 cm³/mol. The Kier molecular flexibility index (Phi) is 3.54. The summed E-state index contributed by atoms with van der Waals surface area (Å²) < 4.78 is 13.0. The molecule has 0 radical (unpaired) electrons. The zero-order valence-corrected chi connectivity index (χ0v) is 9.01. The fourth-order valence-electron chi connectivity index (χ4n) is 1.65. The first kappa shape index (κ1) is 10.7. The Balaban J connectivity index is 2.13. The van der Waals surface area contributed by atoms with Crippen molar-refractivity contribution in [1.29, 1.82) is 0 Å². The lowest BCUT2D eigenvalue weighted by Crippen LogP contribution is -2.20. The molecule has 0 aliphatic rings. The first-order chi connectivity index (χ1) is 7.90. The molecular formula is C14H14FN. The number of hydrogen-bond acceptors (Lipinski definition) is 1. The highest BCUT2D eigenvalue weighted by molar-refractivity contribution is 5.46. The van der Waals surface area contributed by atoms with Crippen molar-refractivity contribution in [3.8, 4) is 0 Å². The molecule has 0 N–H and O–H groups in total. The maximum absolute atomic E-state index is 13.0. The van der Waals surface area contributed by atoms with E-state index in [-0.39, 0.29) is 0 Å². The van der Waals surface area contributed by atoms with Crippen LogP contribution in [0.5, 0.6) is 0 Å². The van der Waals surface area contributed by atoms with E-state index >= 15 is 0 Å². The Hall–Kier alpha value is -1.83. The van der Waals surface area contributed by atoms with Gasteiger partial charge in [0.1, 0.15) is 0 Å². The van der Waals surface area contributed by atoms with Crippen molar-refractivity contribution >= 4 is 5.69 Å². The van der Waals surface area contributed by atoms with Gasteiger partial charge in [-0.15, -0.1) is 0 Å². The molecule has 2 heteroatoms. The minimum Gasteiger partial charge on any atom is -0.340 e. The van der Waals surface area contributed by atoms with Crippen LogP contribution in [-0.4, -0.2) is 6.80 Å². The monoisotopic (exact) mass is 215 g/mol. The van der Waals surface area contributed by atoms with E-state index < -0.39 is 6.80 Å². The fourth-order valence-corrected chi connectivity index (χ4v) is 1.65. The molecule has 0 saturated heterocycles. The van der Waals surface area contributed by atoms with E-state index in [2.05, 4.69) is 0 Å². The summed E-state index contributed by atoms with van der Waals surface area (Å²) in [4.78, 5) is 1.70. The molecule has 2 aromatic carbocycles. The number of para-hydroxylation sites is 1. The van der Waals surface area contributed by atoms with Gasteiger partial charge in [0.05, 0.1) is 0 Å². The highest BCUT2D eigenvalue weighted by Gasteiger charge is 2.05. The van der Waals surface area contributed by atoms with E-state index in [0.29, 0.717) is 6.54 Å². The van der Waals surface area contributed by atoms with E-state index in [1.165, 1.54) is 0 Å². The highest BCUT2D eigenvalue weighted by atomic mass is 19.1. The van der Waals surface area contributed by atoms with E-state index in [4.69, 9.17) is 0 Å². The molecule has 16 heavy (non-hydrogen) atoms. The first-order valence-corrected chi connectivity index (χ1v) is 5.30. The van der Waals surface area contributed by atoms with Crippen LogP contribution in [0.1, 0.15) is 5.56 Å². The minimum atomic E-state index is -0.473. The molecule has 82 valence electrons. The summed E-state index contributed by atoms with van der Waals surface area (Å²) in [7, 11) is 0. The zero-order chi connectivity index (χ0) is 11.2. The molecule has 0 aliphatic carbocycles. The molecule has 0 atom stereocenters. The molecule has 0 unspecified atom stereocenters. The van der Waals surface area contributed by atoms with Crippen LogP contribution < -0.4 is 4.90 Å². The molecule has 0 bridgehead atoms. The number of alkyl halides is 1. The third-order valence-corrected chi connectivity index (χ3v) is 2.48. The van der Waals surface area contributed by atoms with Crippen LogP contribution in [-0.2, 0) is 6.54 Å². The van der Waals surface area contributed by atoms with E-state index in [9.17, 15) is 4.39 Å². The Morgan fingerprint density at radius 3 is 1.94 bits per heavy atom. The average Bonchev–Trinajstić information content (AvgIpc) is 2.38. The van der Waals surface area contributed by atoms with Crippen molar-refractivity contribution in [2.45, 2.75) is 6.54 Å². The third kappa shape index (κ3) is 2.60. The van der Waals surface area contributed by atoms with Crippen molar-refractivity contribution in [2.75, 3.05) is 11.7 Å². The second kappa shape index (κ2) is 5.31. The van der Waals surface area contributed by atoms with Crippen LogP contribution in [0.3, 0.4) is 0 Å². The lowest BCUT2D eigenvalue weighted by atomic mass is 10.2. The standard InChI is InChI=1S/C14H14FN/c15-12-16(14-9-5-2-6-10-14)11-13-7-3-1-4-8-13/h1-10H,11-12H2. The Labute approximate surface area is 95.1 Å². The summed E-state index contributed by atoms with van der Waals surface area (Å²) in [5, 5.41) is 0. The second-order valence-electron chi connectivity index (χ2n) is 3.64.